The highest BCUT2D eigenvalue weighted by Crippen LogP contribution is 2.32. The molecule has 6 heteroatoms. The fourth-order valence-corrected chi connectivity index (χ4v) is 2.73. The number of esters is 1. The van der Waals surface area contributed by atoms with Crippen LogP contribution in [0.15, 0.2) is 72.8 Å². The summed E-state index contributed by atoms with van der Waals surface area (Å²) >= 11 is 0. The van der Waals surface area contributed by atoms with E-state index in [1.807, 2.05) is 30.3 Å². The van der Waals surface area contributed by atoms with E-state index < -0.39 is 5.97 Å². The Kier molecular flexibility index (Phi) is 4.93. The van der Waals surface area contributed by atoms with E-state index in [9.17, 15) is 9.59 Å². The van der Waals surface area contributed by atoms with Gasteiger partial charge in [0.05, 0.1) is 5.56 Å². The van der Waals surface area contributed by atoms with Crippen molar-refractivity contribution in [3.63, 3.8) is 0 Å². The van der Waals surface area contributed by atoms with Crippen LogP contribution in [0.2, 0.25) is 0 Å². The highest BCUT2D eigenvalue weighted by molar-refractivity contribution is 6.04. The molecule has 0 saturated heterocycles. The third-order valence-corrected chi connectivity index (χ3v) is 4.23. The molecule has 0 unspecified atom stereocenters. The number of para-hydroxylation sites is 1. The van der Waals surface area contributed by atoms with Crippen LogP contribution in [0.4, 0.5) is 5.69 Å². The number of hydrogen-bond acceptors (Lipinski definition) is 5. The summed E-state index contributed by atoms with van der Waals surface area (Å²) in [6, 6.07) is 21.1. The topological polar surface area (TPSA) is 73.9 Å². The summed E-state index contributed by atoms with van der Waals surface area (Å²) in [5, 5.41) is 2.82. The number of carbonyl (C=O) groups excluding carboxylic acids is 2. The minimum atomic E-state index is -0.454. The van der Waals surface area contributed by atoms with E-state index in [0.29, 0.717) is 22.6 Å². The molecule has 1 N–H and O–H groups in total. The standard InChI is InChI=1S/C22H17NO5/c24-21(23-18-4-2-1-3-5-18)16-8-6-15(7-9-16)13-26-22(25)17-10-11-19-20(12-17)28-14-27-19/h1-12H,13-14H2,(H,23,24). The van der Waals surface area contributed by atoms with Gasteiger partial charge in [0.15, 0.2) is 11.5 Å². The first-order valence-corrected chi connectivity index (χ1v) is 8.71. The van der Waals surface area contributed by atoms with Gasteiger partial charge in [0.1, 0.15) is 6.61 Å². The molecule has 4 rings (SSSR count). The number of benzene rings is 3. The van der Waals surface area contributed by atoms with Crippen LogP contribution in [0.1, 0.15) is 26.3 Å². The predicted octanol–water partition coefficient (Wildman–Crippen LogP) is 4.02. The van der Waals surface area contributed by atoms with Crippen molar-refractivity contribution >= 4 is 17.6 Å². The Labute approximate surface area is 161 Å². The summed E-state index contributed by atoms with van der Waals surface area (Å²) < 4.78 is 15.8. The molecular weight excluding hydrogens is 358 g/mol. The fourth-order valence-electron chi connectivity index (χ4n) is 2.73. The Morgan fingerprint density at radius 1 is 0.857 bits per heavy atom. The van der Waals surface area contributed by atoms with Crippen molar-refractivity contribution in [3.05, 3.63) is 89.5 Å². The first-order chi connectivity index (χ1) is 13.7. The van der Waals surface area contributed by atoms with E-state index in [0.717, 1.165) is 11.3 Å². The second-order valence-corrected chi connectivity index (χ2v) is 6.16. The van der Waals surface area contributed by atoms with Gasteiger partial charge in [0.25, 0.3) is 5.91 Å². The lowest BCUT2D eigenvalue weighted by molar-refractivity contribution is 0.0472. The first kappa shape index (κ1) is 17.6. The number of anilines is 1. The van der Waals surface area contributed by atoms with Gasteiger partial charge in [-0.25, -0.2) is 4.79 Å². The lowest BCUT2D eigenvalue weighted by atomic mass is 10.1. The third-order valence-electron chi connectivity index (χ3n) is 4.23. The van der Waals surface area contributed by atoms with Crippen molar-refractivity contribution in [2.45, 2.75) is 6.61 Å². The normalized spacial score (nSPS) is 11.7. The molecule has 0 aromatic heterocycles. The molecular formula is C22H17NO5. The number of fused-ring (bicyclic) bond motifs is 1. The molecule has 1 heterocycles. The SMILES string of the molecule is O=C(Nc1ccccc1)c1ccc(COC(=O)c2ccc3c(c2)OCO3)cc1. The van der Waals surface area contributed by atoms with Crippen molar-refractivity contribution in [3.8, 4) is 11.5 Å². The molecule has 1 aliphatic rings. The van der Waals surface area contributed by atoms with Crippen LogP contribution in [0.3, 0.4) is 0 Å². The second kappa shape index (κ2) is 7.84. The van der Waals surface area contributed by atoms with Gasteiger partial charge in [0.2, 0.25) is 6.79 Å². The van der Waals surface area contributed by atoms with Gasteiger partial charge in [-0.3, -0.25) is 4.79 Å². The highest BCUT2D eigenvalue weighted by Gasteiger charge is 2.17. The minimum Gasteiger partial charge on any atom is -0.457 e. The number of amides is 1. The maximum absolute atomic E-state index is 12.3. The fraction of sp³-hybridized carbons (Fsp3) is 0.0909. The Bertz CT molecular complexity index is 999. The lowest BCUT2D eigenvalue weighted by Gasteiger charge is -2.08. The van der Waals surface area contributed by atoms with Crippen LogP contribution >= 0.6 is 0 Å². The second-order valence-electron chi connectivity index (χ2n) is 6.16. The zero-order valence-electron chi connectivity index (χ0n) is 14.9. The molecule has 140 valence electrons. The molecule has 1 aliphatic heterocycles. The summed E-state index contributed by atoms with van der Waals surface area (Å²) in [5.41, 5.74) is 2.43. The van der Waals surface area contributed by atoms with E-state index in [1.54, 1.807) is 42.5 Å². The molecule has 0 bridgehead atoms. The van der Waals surface area contributed by atoms with Gasteiger partial charge < -0.3 is 19.5 Å². The number of ether oxygens (including phenoxy) is 3. The van der Waals surface area contributed by atoms with E-state index in [1.165, 1.54) is 0 Å². The van der Waals surface area contributed by atoms with Crippen molar-refractivity contribution in [2.24, 2.45) is 0 Å². The molecule has 0 aliphatic carbocycles. The number of carbonyl (C=O) groups is 2. The summed E-state index contributed by atoms with van der Waals surface area (Å²) in [5.74, 6) is 0.489. The predicted molar refractivity (Wildman–Crippen MR) is 103 cm³/mol. The summed E-state index contributed by atoms with van der Waals surface area (Å²) in [6.45, 7) is 0.256. The van der Waals surface area contributed by atoms with E-state index >= 15 is 0 Å². The Balaban J connectivity index is 1.34. The van der Waals surface area contributed by atoms with Crippen LogP contribution < -0.4 is 14.8 Å². The third kappa shape index (κ3) is 3.96. The molecule has 3 aromatic carbocycles. The summed E-state index contributed by atoms with van der Waals surface area (Å²) in [4.78, 5) is 24.5. The Morgan fingerprint density at radius 3 is 2.36 bits per heavy atom. The van der Waals surface area contributed by atoms with Crippen molar-refractivity contribution in [2.75, 3.05) is 12.1 Å². The minimum absolute atomic E-state index is 0.105. The maximum atomic E-state index is 12.3. The van der Waals surface area contributed by atoms with Crippen molar-refractivity contribution < 1.29 is 23.8 Å². The average Bonchev–Trinajstić information content (AvgIpc) is 3.21. The van der Waals surface area contributed by atoms with E-state index in [2.05, 4.69) is 5.32 Å². The highest BCUT2D eigenvalue weighted by atomic mass is 16.7. The largest absolute Gasteiger partial charge is 0.457 e. The van der Waals surface area contributed by atoms with Gasteiger partial charge in [-0.15, -0.1) is 0 Å². The van der Waals surface area contributed by atoms with E-state index in [4.69, 9.17) is 14.2 Å². The van der Waals surface area contributed by atoms with Gasteiger partial charge in [-0.1, -0.05) is 30.3 Å². The quantitative estimate of drug-likeness (QED) is 0.682. The first-order valence-electron chi connectivity index (χ1n) is 8.71. The molecule has 0 spiro atoms. The summed E-state index contributed by atoms with van der Waals surface area (Å²) in [7, 11) is 0. The maximum Gasteiger partial charge on any atom is 0.338 e. The molecule has 0 fully saturated rings. The smallest absolute Gasteiger partial charge is 0.338 e. The van der Waals surface area contributed by atoms with Crippen LogP contribution in [0, 0.1) is 0 Å². The van der Waals surface area contributed by atoms with Gasteiger partial charge in [-0.05, 0) is 48.0 Å². The van der Waals surface area contributed by atoms with Crippen LogP contribution in [-0.2, 0) is 11.3 Å². The van der Waals surface area contributed by atoms with E-state index in [-0.39, 0.29) is 19.3 Å². The molecule has 1 amide bonds. The van der Waals surface area contributed by atoms with Crippen LogP contribution in [0.5, 0.6) is 11.5 Å². The molecule has 0 radical (unpaired) electrons. The molecule has 28 heavy (non-hydrogen) atoms. The Hall–Kier alpha value is -3.80. The average molecular weight is 375 g/mol. The Morgan fingerprint density at radius 2 is 1.57 bits per heavy atom. The van der Waals surface area contributed by atoms with Gasteiger partial charge >= 0.3 is 5.97 Å². The molecule has 3 aromatic rings. The van der Waals surface area contributed by atoms with Gasteiger partial charge in [0, 0.05) is 11.3 Å². The molecule has 6 nitrogen and oxygen atoms in total. The summed E-state index contributed by atoms with van der Waals surface area (Å²) in [6.07, 6.45) is 0. The van der Waals surface area contributed by atoms with Crippen LogP contribution in [-0.4, -0.2) is 18.7 Å². The monoisotopic (exact) mass is 375 g/mol. The zero-order valence-corrected chi connectivity index (χ0v) is 14.9. The lowest BCUT2D eigenvalue weighted by Crippen LogP contribution is -2.11. The number of nitrogens with one attached hydrogen (secondary N) is 1. The number of hydrogen-bond donors (Lipinski definition) is 1. The zero-order chi connectivity index (χ0) is 19.3. The number of rotatable bonds is 5. The van der Waals surface area contributed by atoms with Crippen molar-refractivity contribution in [1.29, 1.82) is 0 Å². The van der Waals surface area contributed by atoms with Crippen molar-refractivity contribution in [1.82, 2.24) is 0 Å². The molecule has 0 saturated carbocycles. The van der Waals surface area contributed by atoms with Gasteiger partial charge in [-0.2, -0.15) is 0 Å². The molecule has 0 atom stereocenters. The van der Waals surface area contributed by atoms with Crippen LogP contribution in [0.25, 0.3) is 0 Å².